The molecule has 6 nitrogen and oxygen atoms in total. The van der Waals surface area contributed by atoms with Crippen LogP contribution >= 0.6 is 34.5 Å². The highest BCUT2D eigenvalue weighted by molar-refractivity contribution is 7.19. The maximum Gasteiger partial charge on any atom is 0.256 e. The maximum absolute atomic E-state index is 14.1. The molecular weight excluding hydrogens is 448 g/mol. The van der Waals surface area contributed by atoms with Gasteiger partial charge >= 0.3 is 0 Å². The van der Waals surface area contributed by atoms with Gasteiger partial charge in [-0.2, -0.15) is 0 Å². The van der Waals surface area contributed by atoms with Crippen LogP contribution in [-0.2, 0) is 6.54 Å². The van der Waals surface area contributed by atoms with Crippen molar-refractivity contribution in [3.8, 4) is 0 Å². The largest absolute Gasteiger partial charge is 0.336 e. The summed E-state index contributed by atoms with van der Waals surface area (Å²) in [7, 11) is 0. The van der Waals surface area contributed by atoms with E-state index in [0.29, 0.717) is 41.5 Å². The third-order valence-electron chi connectivity index (χ3n) is 4.78. The Morgan fingerprint density at radius 2 is 1.90 bits per heavy atom. The van der Waals surface area contributed by atoms with Gasteiger partial charge in [0.1, 0.15) is 10.2 Å². The molecule has 3 aromatic rings. The summed E-state index contributed by atoms with van der Waals surface area (Å²) in [5.74, 6) is -0.288. The minimum absolute atomic E-state index is 0.0183. The van der Waals surface area contributed by atoms with E-state index in [1.165, 1.54) is 23.5 Å². The number of carbonyl (C=O) groups is 1. The minimum atomic E-state index is -0.661. The first-order valence-corrected chi connectivity index (χ1v) is 10.9. The molecular formula is C20H18Cl2FN5OS. The fourth-order valence-corrected chi connectivity index (χ4v) is 4.21. The van der Waals surface area contributed by atoms with Gasteiger partial charge in [0, 0.05) is 38.9 Å². The summed E-state index contributed by atoms with van der Waals surface area (Å²) in [6.45, 7) is 3.19. The number of anilines is 2. The number of amides is 1. The Morgan fingerprint density at radius 1 is 1.10 bits per heavy atom. The first kappa shape index (κ1) is 21.0. The topological polar surface area (TPSA) is 61.4 Å². The van der Waals surface area contributed by atoms with Crippen molar-refractivity contribution in [2.45, 2.75) is 6.54 Å². The first-order chi connectivity index (χ1) is 14.5. The van der Waals surface area contributed by atoms with Crippen LogP contribution in [0, 0.1) is 5.82 Å². The molecule has 0 radical (unpaired) electrons. The van der Waals surface area contributed by atoms with Crippen LogP contribution in [0.15, 0.2) is 42.7 Å². The summed E-state index contributed by atoms with van der Waals surface area (Å²) < 4.78 is 14.7. The van der Waals surface area contributed by atoms with Crippen LogP contribution in [0.1, 0.15) is 15.9 Å². The number of nitrogens with one attached hydrogen (secondary N) is 1. The van der Waals surface area contributed by atoms with Crippen molar-refractivity contribution in [3.05, 3.63) is 69.0 Å². The molecule has 0 bridgehead atoms. The Kier molecular flexibility index (Phi) is 6.48. The molecule has 0 atom stereocenters. The standard InChI is InChI=1S/C20H18Cl2FN5OS/c21-15-3-1-2-14(18(15)23)19(29)28-8-6-27(7-9-28)12-13-4-5-17(24-10-13)26-20-25-11-16(22)30-20/h1-5,10-11H,6-9,12H2,(H,24,25,26). The van der Waals surface area contributed by atoms with Gasteiger partial charge in [0.2, 0.25) is 0 Å². The zero-order chi connectivity index (χ0) is 21.1. The van der Waals surface area contributed by atoms with E-state index < -0.39 is 5.82 Å². The lowest BCUT2D eigenvalue weighted by Crippen LogP contribution is -2.48. The Balaban J connectivity index is 1.30. The van der Waals surface area contributed by atoms with E-state index in [0.717, 1.165) is 12.1 Å². The molecule has 0 aliphatic carbocycles. The number of hydrogen-bond acceptors (Lipinski definition) is 6. The molecule has 1 N–H and O–H groups in total. The van der Waals surface area contributed by atoms with Gasteiger partial charge in [0.05, 0.1) is 16.8 Å². The van der Waals surface area contributed by atoms with Crippen LogP contribution in [0.5, 0.6) is 0 Å². The minimum Gasteiger partial charge on any atom is -0.336 e. The number of piperazine rings is 1. The summed E-state index contributed by atoms with van der Waals surface area (Å²) >= 11 is 13.0. The molecule has 1 aromatic carbocycles. The number of nitrogens with zero attached hydrogens (tertiary/aromatic N) is 4. The summed E-state index contributed by atoms with van der Waals surface area (Å²) in [5, 5.41) is 3.76. The van der Waals surface area contributed by atoms with E-state index in [9.17, 15) is 9.18 Å². The molecule has 1 aliphatic rings. The second-order valence-corrected chi connectivity index (χ2v) is 8.89. The van der Waals surface area contributed by atoms with E-state index in [1.807, 2.05) is 18.3 Å². The number of rotatable bonds is 5. The molecule has 1 saturated heterocycles. The van der Waals surface area contributed by atoms with Crippen molar-refractivity contribution in [2.24, 2.45) is 0 Å². The van der Waals surface area contributed by atoms with E-state index in [4.69, 9.17) is 23.2 Å². The van der Waals surface area contributed by atoms with Crippen LogP contribution in [-0.4, -0.2) is 51.9 Å². The second-order valence-electron chi connectivity index (χ2n) is 6.82. The highest BCUT2D eigenvalue weighted by Crippen LogP contribution is 2.25. The predicted molar refractivity (Wildman–Crippen MR) is 117 cm³/mol. The quantitative estimate of drug-likeness (QED) is 0.592. The Hall–Kier alpha value is -2.26. The van der Waals surface area contributed by atoms with Crippen LogP contribution in [0.3, 0.4) is 0 Å². The Bertz CT molecular complexity index is 1040. The molecule has 10 heteroatoms. The number of pyridine rings is 1. The molecule has 0 saturated carbocycles. The highest BCUT2D eigenvalue weighted by atomic mass is 35.5. The average Bonchev–Trinajstić information content (AvgIpc) is 3.16. The third kappa shape index (κ3) is 4.89. The molecule has 0 spiro atoms. The van der Waals surface area contributed by atoms with Crippen LogP contribution in [0.2, 0.25) is 9.36 Å². The third-order valence-corrected chi connectivity index (χ3v) is 6.11. The summed E-state index contributed by atoms with van der Waals surface area (Å²) in [6.07, 6.45) is 3.41. The van der Waals surface area contributed by atoms with Crippen molar-refractivity contribution in [2.75, 3.05) is 31.5 Å². The van der Waals surface area contributed by atoms with Crippen LogP contribution < -0.4 is 5.32 Å². The predicted octanol–water partition coefficient (Wildman–Crippen LogP) is 4.69. The number of carbonyl (C=O) groups excluding carboxylic acids is 1. The number of halogens is 3. The van der Waals surface area contributed by atoms with Crippen molar-refractivity contribution >= 4 is 51.4 Å². The van der Waals surface area contributed by atoms with Crippen LogP contribution in [0.25, 0.3) is 0 Å². The second kappa shape index (κ2) is 9.26. The van der Waals surface area contributed by atoms with Gasteiger partial charge in [-0.25, -0.2) is 14.4 Å². The van der Waals surface area contributed by atoms with E-state index in [-0.39, 0.29) is 16.5 Å². The van der Waals surface area contributed by atoms with Crippen molar-refractivity contribution < 1.29 is 9.18 Å². The monoisotopic (exact) mass is 465 g/mol. The highest BCUT2D eigenvalue weighted by Gasteiger charge is 2.24. The zero-order valence-electron chi connectivity index (χ0n) is 15.8. The molecule has 4 rings (SSSR count). The zero-order valence-corrected chi connectivity index (χ0v) is 18.1. The maximum atomic E-state index is 14.1. The van der Waals surface area contributed by atoms with Gasteiger partial charge in [0.25, 0.3) is 5.91 Å². The van der Waals surface area contributed by atoms with Gasteiger partial charge in [-0.15, -0.1) is 0 Å². The van der Waals surface area contributed by atoms with Gasteiger partial charge in [-0.3, -0.25) is 9.69 Å². The summed E-state index contributed by atoms with van der Waals surface area (Å²) in [5.41, 5.74) is 1.09. The normalized spacial score (nSPS) is 14.7. The number of thiazole rings is 1. The average molecular weight is 466 g/mol. The number of aromatic nitrogens is 2. The molecule has 1 fully saturated rings. The lowest BCUT2D eigenvalue weighted by Gasteiger charge is -2.34. The molecule has 1 amide bonds. The fourth-order valence-electron chi connectivity index (χ4n) is 3.22. The molecule has 2 aromatic heterocycles. The first-order valence-electron chi connectivity index (χ1n) is 9.28. The van der Waals surface area contributed by atoms with E-state index >= 15 is 0 Å². The number of hydrogen-bond donors (Lipinski definition) is 1. The SMILES string of the molecule is O=C(c1cccc(Cl)c1F)N1CCN(Cc2ccc(Nc3ncc(Cl)s3)nc2)CC1. The summed E-state index contributed by atoms with van der Waals surface area (Å²) in [6, 6.07) is 8.39. The van der Waals surface area contributed by atoms with E-state index in [1.54, 1.807) is 17.2 Å². The van der Waals surface area contributed by atoms with Gasteiger partial charge in [-0.1, -0.05) is 46.7 Å². The Morgan fingerprint density at radius 3 is 2.57 bits per heavy atom. The molecule has 0 unspecified atom stereocenters. The van der Waals surface area contributed by atoms with Gasteiger partial charge in [-0.05, 0) is 23.8 Å². The van der Waals surface area contributed by atoms with Crippen molar-refractivity contribution in [1.82, 2.24) is 19.8 Å². The summed E-state index contributed by atoms with van der Waals surface area (Å²) in [4.78, 5) is 25.1. The van der Waals surface area contributed by atoms with Gasteiger partial charge < -0.3 is 10.2 Å². The Labute approximate surface area is 187 Å². The lowest BCUT2D eigenvalue weighted by molar-refractivity contribution is 0.0624. The van der Waals surface area contributed by atoms with Gasteiger partial charge in [0.15, 0.2) is 10.9 Å². The molecule has 3 heterocycles. The van der Waals surface area contributed by atoms with Crippen LogP contribution in [0.4, 0.5) is 15.3 Å². The fraction of sp³-hybridized carbons (Fsp3) is 0.250. The lowest BCUT2D eigenvalue weighted by atomic mass is 10.1. The molecule has 1 aliphatic heterocycles. The van der Waals surface area contributed by atoms with Crippen molar-refractivity contribution in [1.29, 1.82) is 0 Å². The number of benzene rings is 1. The smallest absolute Gasteiger partial charge is 0.256 e. The molecule has 156 valence electrons. The molecule has 30 heavy (non-hydrogen) atoms. The van der Waals surface area contributed by atoms with E-state index in [2.05, 4.69) is 20.2 Å². The van der Waals surface area contributed by atoms with Crippen molar-refractivity contribution in [3.63, 3.8) is 0 Å².